The lowest BCUT2D eigenvalue weighted by Crippen LogP contribution is -2.38. The highest BCUT2D eigenvalue weighted by atomic mass is 16.5. The Morgan fingerprint density at radius 3 is 2.54 bits per heavy atom. The number of carbonyl (C=O) groups is 2. The van der Waals surface area contributed by atoms with E-state index < -0.39 is 28.8 Å². The van der Waals surface area contributed by atoms with Gasteiger partial charge in [0.25, 0.3) is 5.56 Å². The van der Waals surface area contributed by atoms with Crippen LogP contribution in [0.1, 0.15) is 15.9 Å². The fourth-order valence-electron chi connectivity index (χ4n) is 1.96. The van der Waals surface area contributed by atoms with Crippen LogP contribution >= 0.6 is 0 Å². The van der Waals surface area contributed by atoms with Crippen LogP contribution in [0.5, 0.6) is 0 Å². The quantitative estimate of drug-likeness (QED) is 0.354. The van der Waals surface area contributed by atoms with Crippen molar-refractivity contribution in [2.24, 2.45) is 0 Å². The molecule has 2 aromatic rings. The fraction of sp³-hybridized carbons (Fsp3) is 0.125. The van der Waals surface area contributed by atoms with Crippen LogP contribution in [0.4, 0.5) is 0 Å². The van der Waals surface area contributed by atoms with E-state index in [2.05, 4.69) is 9.72 Å². The molecule has 0 fully saturated rings. The van der Waals surface area contributed by atoms with E-state index in [0.29, 0.717) is 11.6 Å². The topological polar surface area (TPSA) is 118 Å². The van der Waals surface area contributed by atoms with Gasteiger partial charge < -0.3 is 14.8 Å². The Balaban J connectivity index is 2.42. The second-order valence-corrected chi connectivity index (χ2v) is 4.77. The standard InChI is InChI=1S/C16H14N2O6/c1-24-15(22)13(20)7-12(19)11-8-17-16(23)18(14(11)21)9-10-5-3-2-4-6-10/h2-8,20H,9H2,1H3,(H,17,23). The van der Waals surface area contributed by atoms with E-state index in [1.807, 2.05) is 0 Å². The average molecular weight is 330 g/mol. The first-order chi connectivity index (χ1) is 11.4. The maximum absolute atomic E-state index is 12.4. The molecule has 0 unspecified atom stereocenters. The number of nitrogens with zero attached hydrogens (tertiary/aromatic N) is 1. The highest BCUT2D eigenvalue weighted by molar-refractivity contribution is 6.07. The molecule has 1 aromatic carbocycles. The van der Waals surface area contributed by atoms with Gasteiger partial charge in [0, 0.05) is 12.3 Å². The van der Waals surface area contributed by atoms with Gasteiger partial charge in [-0.3, -0.25) is 14.2 Å². The maximum atomic E-state index is 12.4. The van der Waals surface area contributed by atoms with Crippen LogP contribution in [0.25, 0.3) is 0 Å². The van der Waals surface area contributed by atoms with E-state index in [9.17, 15) is 24.3 Å². The molecule has 24 heavy (non-hydrogen) atoms. The first-order valence-electron chi connectivity index (χ1n) is 6.83. The third-order valence-electron chi connectivity index (χ3n) is 3.17. The van der Waals surface area contributed by atoms with Crippen LogP contribution in [0, 0.1) is 0 Å². The number of ketones is 1. The summed E-state index contributed by atoms with van der Waals surface area (Å²) in [4.78, 5) is 49.6. The number of methoxy groups -OCH3 is 1. The van der Waals surface area contributed by atoms with Gasteiger partial charge >= 0.3 is 11.7 Å². The van der Waals surface area contributed by atoms with Gasteiger partial charge in [0.05, 0.1) is 13.7 Å². The zero-order valence-corrected chi connectivity index (χ0v) is 12.7. The van der Waals surface area contributed by atoms with Crippen LogP contribution in [0.3, 0.4) is 0 Å². The van der Waals surface area contributed by atoms with Gasteiger partial charge in [-0.15, -0.1) is 0 Å². The molecule has 8 nitrogen and oxygen atoms in total. The predicted molar refractivity (Wildman–Crippen MR) is 83.9 cm³/mol. The molecule has 0 saturated heterocycles. The summed E-state index contributed by atoms with van der Waals surface area (Å²) < 4.78 is 5.10. The molecule has 0 amide bonds. The molecule has 8 heteroatoms. The van der Waals surface area contributed by atoms with Gasteiger partial charge in [-0.25, -0.2) is 9.59 Å². The summed E-state index contributed by atoms with van der Waals surface area (Å²) in [5.74, 6) is -2.99. The van der Waals surface area contributed by atoms with Gasteiger partial charge in [0.15, 0.2) is 5.78 Å². The maximum Gasteiger partial charge on any atom is 0.373 e. The minimum absolute atomic E-state index is 0.0250. The number of esters is 1. The average Bonchev–Trinajstić information content (AvgIpc) is 2.58. The van der Waals surface area contributed by atoms with Crippen LogP contribution in [0.2, 0.25) is 0 Å². The zero-order chi connectivity index (χ0) is 17.7. The van der Waals surface area contributed by atoms with Crippen LogP contribution in [-0.2, 0) is 16.1 Å². The van der Waals surface area contributed by atoms with Crippen molar-refractivity contribution in [3.63, 3.8) is 0 Å². The van der Waals surface area contributed by atoms with Gasteiger partial charge in [-0.05, 0) is 5.56 Å². The molecule has 0 aliphatic rings. The molecule has 0 atom stereocenters. The van der Waals surface area contributed by atoms with Crippen molar-refractivity contribution in [3.05, 3.63) is 80.3 Å². The third kappa shape index (κ3) is 3.67. The normalized spacial score (nSPS) is 11.1. The molecule has 0 saturated carbocycles. The van der Waals surface area contributed by atoms with E-state index in [0.717, 1.165) is 17.9 Å². The van der Waals surface area contributed by atoms with Crippen LogP contribution in [0.15, 0.2) is 58.0 Å². The van der Waals surface area contributed by atoms with Crippen molar-refractivity contribution in [1.82, 2.24) is 9.55 Å². The van der Waals surface area contributed by atoms with E-state index in [1.165, 1.54) is 0 Å². The van der Waals surface area contributed by atoms with Crippen molar-refractivity contribution < 1.29 is 19.4 Å². The van der Waals surface area contributed by atoms with E-state index in [1.54, 1.807) is 30.3 Å². The molecule has 1 aromatic heterocycles. The number of nitrogens with one attached hydrogen (secondary N) is 1. The van der Waals surface area contributed by atoms with Crippen molar-refractivity contribution in [3.8, 4) is 0 Å². The second kappa shape index (κ2) is 7.23. The summed E-state index contributed by atoms with van der Waals surface area (Å²) in [6.45, 7) is -0.0250. The minimum atomic E-state index is -1.11. The number of H-pyrrole nitrogens is 1. The number of allylic oxidation sites excluding steroid dienone is 1. The highest BCUT2D eigenvalue weighted by Crippen LogP contribution is 2.01. The van der Waals surface area contributed by atoms with E-state index >= 15 is 0 Å². The number of hydrogen-bond donors (Lipinski definition) is 2. The third-order valence-corrected chi connectivity index (χ3v) is 3.17. The van der Waals surface area contributed by atoms with E-state index in [-0.39, 0.29) is 12.1 Å². The molecule has 0 aliphatic carbocycles. The van der Waals surface area contributed by atoms with Crippen LogP contribution in [-0.4, -0.2) is 33.5 Å². The summed E-state index contributed by atoms with van der Waals surface area (Å²) in [6, 6.07) is 8.74. The molecule has 1 heterocycles. The molecule has 0 bridgehead atoms. The molecular weight excluding hydrogens is 316 g/mol. The lowest BCUT2D eigenvalue weighted by atomic mass is 10.2. The number of benzene rings is 1. The van der Waals surface area contributed by atoms with Crippen molar-refractivity contribution >= 4 is 11.8 Å². The molecule has 0 radical (unpaired) electrons. The Morgan fingerprint density at radius 1 is 1.25 bits per heavy atom. The SMILES string of the molecule is COC(=O)C(O)=CC(=O)c1c[nH]c(=O)n(Cc2ccccc2)c1=O. The summed E-state index contributed by atoms with van der Waals surface area (Å²) in [6.07, 6.45) is 1.50. The van der Waals surface area contributed by atoms with Gasteiger partial charge in [-0.1, -0.05) is 30.3 Å². The number of hydrogen-bond acceptors (Lipinski definition) is 6. The molecular formula is C16H14N2O6. The monoisotopic (exact) mass is 330 g/mol. The Labute approximate surface area is 135 Å². The first-order valence-corrected chi connectivity index (χ1v) is 6.83. The molecule has 2 N–H and O–H groups in total. The summed E-state index contributed by atoms with van der Waals surface area (Å²) in [5.41, 5.74) is -1.20. The number of rotatable bonds is 5. The molecule has 0 aliphatic heterocycles. The second-order valence-electron chi connectivity index (χ2n) is 4.77. The number of ether oxygens (including phenoxy) is 1. The lowest BCUT2D eigenvalue weighted by Gasteiger charge is -2.06. The fourth-order valence-corrected chi connectivity index (χ4v) is 1.96. The van der Waals surface area contributed by atoms with Crippen molar-refractivity contribution in [2.75, 3.05) is 7.11 Å². The number of aliphatic hydroxyl groups excluding tert-OH is 1. The molecule has 124 valence electrons. The number of carbonyl (C=O) groups excluding carboxylic acids is 2. The summed E-state index contributed by atoms with van der Waals surface area (Å²) in [5, 5.41) is 9.38. The van der Waals surface area contributed by atoms with Gasteiger partial charge in [0.2, 0.25) is 5.76 Å². The van der Waals surface area contributed by atoms with Crippen molar-refractivity contribution in [2.45, 2.75) is 6.54 Å². The Hall–Kier alpha value is -3.42. The van der Waals surface area contributed by atoms with Gasteiger partial charge in [-0.2, -0.15) is 0 Å². The minimum Gasteiger partial charge on any atom is -0.502 e. The van der Waals surface area contributed by atoms with E-state index in [4.69, 9.17) is 0 Å². The van der Waals surface area contributed by atoms with Gasteiger partial charge in [0.1, 0.15) is 5.56 Å². The number of aliphatic hydroxyl groups is 1. The smallest absolute Gasteiger partial charge is 0.373 e. The predicted octanol–water partition coefficient (Wildman–Crippen LogP) is 0.382. The van der Waals surface area contributed by atoms with Crippen molar-refractivity contribution in [1.29, 1.82) is 0 Å². The number of aromatic nitrogens is 2. The zero-order valence-electron chi connectivity index (χ0n) is 12.7. The Bertz CT molecular complexity index is 908. The summed E-state index contributed by atoms with van der Waals surface area (Å²) >= 11 is 0. The highest BCUT2D eigenvalue weighted by Gasteiger charge is 2.16. The molecule has 0 spiro atoms. The molecule has 2 rings (SSSR count). The first kappa shape index (κ1) is 16.9. The summed E-state index contributed by atoms with van der Waals surface area (Å²) in [7, 11) is 1.03. The largest absolute Gasteiger partial charge is 0.502 e. The van der Waals surface area contributed by atoms with Crippen LogP contribution < -0.4 is 11.2 Å². The Kier molecular flexibility index (Phi) is 5.10. The lowest BCUT2D eigenvalue weighted by molar-refractivity contribution is -0.139. The number of aromatic amines is 1. The Morgan fingerprint density at radius 2 is 1.92 bits per heavy atom.